The highest BCUT2D eigenvalue weighted by Crippen LogP contribution is 2.20. The van der Waals surface area contributed by atoms with Crippen molar-refractivity contribution in [2.75, 3.05) is 6.61 Å². The van der Waals surface area contributed by atoms with Crippen LogP contribution in [0.15, 0.2) is 0 Å². The second-order valence-electron chi connectivity index (χ2n) is 5.37. The number of unbranched alkanes of at least 4 members (excludes halogenated alkanes) is 2. The highest BCUT2D eigenvalue weighted by atomic mass is 16.5. The van der Waals surface area contributed by atoms with E-state index in [1.165, 1.54) is 57.8 Å². The minimum absolute atomic E-state index is 0.601. The summed E-state index contributed by atoms with van der Waals surface area (Å²) in [5.41, 5.74) is 0. The molecule has 0 N–H and O–H groups in total. The largest absolute Gasteiger partial charge is 0.378 e. The van der Waals surface area contributed by atoms with Gasteiger partial charge in [0, 0.05) is 6.61 Å². The van der Waals surface area contributed by atoms with Crippen LogP contribution < -0.4 is 0 Å². The van der Waals surface area contributed by atoms with E-state index in [1.54, 1.807) is 0 Å². The second-order valence-corrected chi connectivity index (χ2v) is 5.37. The summed E-state index contributed by atoms with van der Waals surface area (Å²) in [6.07, 6.45) is 12.8. The van der Waals surface area contributed by atoms with Crippen LogP contribution in [0.2, 0.25) is 0 Å². The molecule has 0 heterocycles. The SMILES string of the molecule is CC(C)CCCCCOC1CCCCC1. The van der Waals surface area contributed by atoms with Gasteiger partial charge in [-0.3, -0.25) is 0 Å². The Morgan fingerprint density at radius 2 is 1.73 bits per heavy atom. The van der Waals surface area contributed by atoms with E-state index in [9.17, 15) is 0 Å². The van der Waals surface area contributed by atoms with Crippen molar-refractivity contribution < 1.29 is 4.74 Å². The molecule has 1 aliphatic rings. The van der Waals surface area contributed by atoms with E-state index in [0.29, 0.717) is 6.10 Å². The molecule has 1 nitrogen and oxygen atoms in total. The predicted molar refractivity (Wildman–Crippen MR) is 66.1 cm³/mol. The van der Waals surface area contributed by atoms with Crippen LogP contribution in [-0.2, 0) is 4.74 Å². The maximum absolute atomic E-state index is 5.89. The van der Waals surface area contributed by atoms with E-state index in [0.717, 1.165) is 12.5 Å². The summed E-state index contributed by atoms with van der Waals surface area (Å²) in [7, 11) is 0. The molecule has 0 aromatic carbocycles. The van der Waals surface area contributed by atoms with Gasteiger partial charge in [0.25, 0.3) is 0 Å². The molecule has 0 atom stereocenters. The lowest BCUT2D eigenvalue weighted by atomic mass is 9.98. The van der Waals surface area contributed by atoms with Gasteiger partial charge in [0.1, 0.15) is 0 Å². The zero-order chi connectivity index (χ0) is 10.9. The summed E-state index contributed by atoms with van der Waals surface area (Å²) >= 11 is 0. The fourth-order valence-electron chi connectivity index (χ4n) is 2.31. The Bertz CT molecular complexity index is 136. The third kappa shape index (κ3) is 6.94. The van der Waals surface area contributed by atoms with Crippen LogP contribution in [0.5, 0.6) is 0 Å². The average molecular weight is 212 g/mol. The second kappa shape index (κ2) is 8.15. The Balaban J connectivity index is 1.83. The molecule has 0 unspecified atom stereocenters. The summed E-state index contributed by atoms with van der Waals surface area (Å²) in [5, 5.41) is 0. The summed E-state index contributed by atoms with van der Waals surface area (Å²) in [6, 6.07) is 0. The summed E-state index contributed by atoms with van der Waals surface area (Å²) in [4.78, 5) is 0. The quantitative estimate of drug-likeness (QED) is 0.562. The molecule has 1 aliphatic carbocycles. The highest BCUT2D eigenvalue weighted by molar-refractivity contribution is 4.64. The Hall–Kier alpha value is -0.0400. The average Bonchev–Trinajstić information content (AvgIpc) is 2.24. The minimum atomic E-state index is 0.601. The molecule has 0 aromatic heterocycles. The topological polar surface area (TPSA) is 9.23 Å². The molecule has 0 saturated heterocycles. The number of hydrogen-bond donors (Lipinski definition) is 0. The van der Waals surface area contributed by atoms with Gasteiger partial charge in [0.05, 0.1) is 6.10 Å². The van der Waals surface area contributed by atoms with Crippen molar-refractivity contribution in [1.29, 1.82) is 0 Å². The third-order valence-corrected chi connectivity index (χ3v) is 3.33. The van der Waals surface area contributed by atoms with E-state index in [1.807, 2.05) is 0 Å². The van der Waals surface area contributed by atoms with Crippen molar-refractivity contribution in [3.63, 3.8) is 0 Å². The van der Waals surface area contributed by atoms with Crippen molar-refractivity contribution >= 4 is 0 Å². The van der Waals surface area contributed by atoms with Gasteiger partial charge in [-0.25, -0.2) is 0 Å². The van der Waals surface area contributed by atoms with Gasteiger partial charge in [-0.1, -0.05) is 52.4 Å². The van der Waals surface area contributed by atoms with E-state index >= 15 is 0 Å². The van der Waals surface area contributed by atoms with Crippen molar-refractivity contribution in [3.8, 4) is 0 Å². The van der Waals surface area contributed by atoms with Crippen LogP contribution in [0, 0.1) is 5.92 Å². The van der Waals surface area contributed by atoms with Crippen LogP contribution in [0.4, 0.5) is 0 Å². The minimum Gasteiger partial charge on any atom is -0.378 e. The van der Waals surface area contributed by atoms with Crippen LogP contribution in [0.25, 0.3) is 0 Å². The van der Waals surface area contributed by atoms with E-state index in [-0.39, 0.29) is 0 Å². The Morgan fingerprint density at radius 3 is 2.40 bits per heavy atom. The van der Waals surface area contributed by atoms with Crippen molar-refractivity contribution in [1.82, 2.24) is 0 Å². The highest BCUT2D eigenvalue weighted by Gasteiger charge is 2.12. The molecule has 15 heavy (non-hydrogen) atoms. The maximum Gasteiger partial charge on any atom is 0.0575 e. The summed E-state index contributed by atoms with van der Waals surface area (Å²) in [5.74, 6) is 0.865. The van der Waals surface area contributed by atoms with Gasteiger partial charge < -0.3 is 4.74 Å². The molecule has 0 bridgehead atoms. The lowest BCUT2D eigenvalue weighted by Gasteiger charge is -2.21. The monoisotopic (exact) mass is 212 g/mol. The van der Waals surface area contributed by atoms with E-state index < -0.39 is 0 Å². The molecule has 0 spiro atoms. The molecule has 0 aliphatic heterocycles. The summed E-state index contributed by atoms with van der Waals surface area (Å²) < 4.78 is 5.89. The fraction of sp³-hybridized carbons (Fsp3) is 1.00. The smallest absolute Gasteiger partial charge is 0.0575 e. The molecule has 0 aromatic rings. The van der Waals surface area contributed by atoms with Crippen molar-refractivity contribution in [2.24, 2.45) is 5.92 Å². The van der Waals surface area contributed by atoms with Crippen LogP contribution in [0.1, 0.15) is 71.6 Å². The maximum atomic E-state index is 5.89. The van der Waals surface area contributed by atoms with Crippen LogP contribution in [-0.4, -0.2) is 12.7 Å². The molecule has 1 heteroatoms. The normalized spacial score (nSPS) is 18.6. The molecule has 1 rings (SSSR count). The number of rotatable bonds is 7. The van der Waals surface area contributed by atoms with E-state index in [2.05, 4.69) is 13.8 Å². The van der Waals surface area contributed by atoms with Gasteiger partial charge in [0.2, 0.25) is 0 Å². The molecule has 0 radical (unpaired) electrons. The molecular formula is C14H28O. The first-order valence-electron chi connectivity index (χ1n) is 6.90. The van der Waals surface area contributed by atoms with Crippen molar-refractivity contribution in [2.45, 2.75) is 77.7 Å². The lowest BCUT2D eigenvalue weighted by Crippen LogP contribution is -2.17. The first-order chi connectivity index (χ1) is 7.29. The lowest BCUT2D eigenvalue weighted by molar-refractivity contribution is 0.0262. The summed E-state index contributed by atoms with van der Waals surface area (Å²) in [6.45, 7) is 5.61. The zero-order valence-corrected chi connectivity index (χ0v) is 10.6. The van der Waals surface area contributed by atoms with Gasteiger partial charge in [-0.2, -0.15) is 0 Å². The molecule has 1 saturated carbocycles. The first kappa shape index (κ1) is 13.0. The first-order valence-corrected chi connectivity index (χ1v) is 6.90. The van der Waals surface area contributed by atoms with Crippen LogP contribution >= 0.6 is 0 Å². The number of ether oxygens (including phenoxy) is 1. The number of hydrogen-bond acceptors (Lipinski definition) is 1. The Labute approximate surface area is 95.6 Å². The van der Waals surface area contributed by atoms with Gasteiger partial charge in [-0.05, 0) is 25.2 Å². The standard InChI is InChI=1S/C14H28O/c1-13(2)9-5-4-8-12-15-14-10-6-3-7-11-14/h13-14H,3-12H2,1-2H3. The zero-order valence-electron chi connectivity index (χ0n) is 10.6. The van der Waals surface area contributed by atoms with E-state index in [4.69, 9.17) is 4.74 Å². The third-order valence-electron chi connectivity index (χ3n) is 3.33. The molecule has 90 valence electrons. The molecule has 1 fully saturated rings. The molecule has 0 amide bonds. The fourth-order valence-corrected chi connectivity index (χ4v) is 2.31. The van der Waals surface area contributed by atoms with Gasteiger partial charge >= 0.3 is 0 Å². The predicted octanol–water partition coefficient (Wildman–Crippen LogP) is 4.55. The van der Waals surface area contributed by atoms with Crippen LogP contribution in [0.3, 0.4) is 0 Å². The van der Waals surface area contributed by atoms with Crippen molar-refractivity contribution in [3.05, 3.63) is 0 Å². The van der Waals surface area contributed by atoms with Gasteiger partial charge in [0.15, 0.2) is 0 Å². The van der Waals surface area contributed by atoms with Gasteiger partial charge in [-0.15, -0.1) is 0 Å². The molecular weight excluding hydrogens is 184 g/mol. The Morgan fingerprint density at radius 1 is 1.00 bits per heavy atom. The Kier molecular flexibility index (Phi) is 7.08.